The molecule has 0 aromatic carbocycles. The lowest BCUT2D eigenvalue weighted by Crippen LogP contribution is -2.27. The molecule has 100 valence electrons. The quantitative estimate of drug-likeness (QED) is 0.807. The first-order valence-electron chi connectivity index (χ1n) is 6.81. The van der Waals surface area contributed by atoms with Crippen molar-refractivity contribution in [1.82, 2.24) is 9.88 Å². The molecule has 3 rings (SSSR count). The molecular weight excluding hydrogens is 256 g/mol. The summed E-state index contributed by atoms with van der Waals surface area (Å²) in [4.78, 5) is 17.7. The second kappa shape index (κ2) is 5.39. The lowest BCUT2D eigenvalue weighted by Gasteiger charge is -2.17. The summed E-state index contributed by atoms with van der Waals surface area (Å²) < 4.78 is 1.33. The van der Waals surface area contributed by atoms with E-state index in [2.05, 4.69) is 23.3 Å². The molecule has 0 bridgehead atoms. The molecule has 0 radical (unpaired) electrons. The van der Waals surface area contributed by atoms with E-state index >= 15 is 0 Å². The van der Waals surface area contributed by atoms with Crippen LogP contribution >= 0.6 is 11.3 Å². The summed E-state index contributed by atoms with van der Waals surface area (Å²) in [7, 11) is 0. The standard InChI is InChI=1S/C15H18N2OS/c1-11-12-3-7-17(6-2-9-18)8-4-13(12)16-14-5-10-19-15(11)14/h5,9-10H,2-4,6-8H2,1H3. The summed E-state index contributed by atoms with van der Waals surface area (Å²) in [6, 6.07) is 2.11. The highest BCUT2D eigenvalue weighted by Crippen LogP contribution is 2.29. The largest absolute Gasteiger partial charge is 0.303 e. The monoisotopic (exact) mass is 274 g/mol. The molecule has 0 fully saturated rings. The number of aldehydes is 1. The molecule has 2 aromatic heterocycles. The molecule has 0 amide bonds. The lowest BCUT2D eigenvalue weighted by molar-refractivity contribution is -0.108. The van der Waals surface area contributed by atoms with Gasteiger partial charge in [-0.3, -0.25) is 4.98 Å². The van der Waals surface area contributed by atoms with Crippen LogP contribution in [-0.4, -0.2) is 35.8 Å². The minimum Gasteiger partial charge on any atom is -0.303 e. The Morgan fingerprint density at radius 2 is 2.26 bits per heavy atom. The number of nitrogens with zero attached hydrogens (tertiary/aromatic N) is 2. The van der Waals surface area contributed by atoms with Gasteiger partial charge in [0.05, 0.1) is 10.2 Å². The highest BCUT2D eigenvalue weighted by molar-refractivity contribution is 7.17. The van der Waals surface area contributed by atoms with Crippen LogP contribution in [0.2, 0.25) is 0 Å². The number of carbonyl (C=O) groups excluding carboxylic acids is 1. The molecule has 2 aromatic rings. The Bertz CT molecular complexity index is 605. The number of hydrogen-bond acceptors (Lipinski definition) is 4. The van der Waals surface area contributed by atoms with E-state index in [1.807, 2.05) is 0 Å². The summed E-state index contributed by atoms with van der Waals surface area (Å²) in [5, 5.41) is 2.13. The van der Waals surface area contributed by atoms with Gasteiger partial charge < -0.3 is 9.69 Å². The number of fused-ring (bicyclic) bond motifs is 2. The molecule has 19 heavy (non-hydrogen) atoms. The van der Waals surface area contributed by atoms with Gasteiger partial charge in [0, 0.05) is 38.2 Å². The van der Waals surface area contributed by atoms with Crippen LogP contribution in [0.1, 0.15) is 23.2 Å². The second-order valence-corrected chi connectivity index (χ2v) is 6.01. The molecule has 0 saturated heterocycles. The molecule has 0 spiro atoms. The van der Waals surface area contributed by atoms with Crippen LogP contribution in [0.5, 0.6) is 0 Å². The third-order valence-electron chi connectivity index (χ3n) is 3.95. The zero-order chi connectivity index (χ0) is 13.2. The molecule has 0 aliphatic carbocycles. The maximum Gasteiger partial charge on any atom is 0.121 e. The number of hydrogen-bond donors (Lipinski definition) is 0. The summed E-state index contributed by atoms with van der Waals surface area (Å²) in [5.74, 6) is 0. The first kappa shape index (κ1) is 12.8. The third-order valence-corrected chi connectivity index (χ3v) is 4.97. The zero-order valence-corrected chi connectivity index (χ0v) is 12.0. The third kappa shape index (κ3) is 2.42. The Morgan fingerprint density at radius 3 is 3.11 bits per heavy atom. The summed E-state index contributed by atoms with van der Waals surface area (Å²) in [6.07, 6.45) is 3.71. The fourth-order valence-corrected chi connectivity index (χ4v) is 3.75. The Balaban J connectivity index is 1.90. The zero-order valence-electron chi connectivity index (χ0n) is 11.2. The van der Waals surface area contributed by atoms with Crippen molar-refractivity contribution >= 4 is 27.8 Å². The highest BCUT2D eigenvalue weighted by atomic mass is 32.1. The Hall–Kier alpha value is -1.26. The number of aryl methyl sites for hydroxylation is 1. The molecule has 1 aliphatic heterocycles. The number of rotatable bonds is 3. The average Bonchev–Trinajstić information content (AvgIpc) is 2.78. The van der Waals surface area contributed by atoms with Crippen LogP contribution in [0.4, 0.5) is 0 Å². The molecule has 3 nitrogen and oxygen atoms in total. The predicted molar refractivity (Wildman–Crippen MR) is 78.9 cm³/mol. The number of thiophene rings is 1. The minimum absolute atomic E-state index is 0.637. The number of aromatic nitrogens is 1. The lowest BCUT2D eigenvalue weighted by atomic mass is 10.0. The van der Waals surface area contributed by atoms with Gasteiger partial charge in [0.1, 0.15) is 6.29 Å². The van der Waals surface area contributed by atoms with Crippen LogP contribution in [0.25, 0.3) is 10.2 Å². The first-order valence-corrected chi connectivity index (χ1v) is 7.69. The maximum absolute atomic E-state index is 10.5. The van der Waals surface area contributed by atoms with Gasteiger partial charge in [0.2, 0.25) is 0 Å². The van der Waals surface area contributed by atoms with Crippen molar-refractivity contribution in [2.24, 2.45) is 0 Å². The highest BCUT2D eigenvalue weighted by Gasteiger charge is 2.18. The van der Waals surface area contributed by atoms with Gasteiger partial charge in [-0.25, -0.2) is 0 Å². The van der Waals surface area contributed by atoms with E-state index in [1.54, 1.807) is 11.3 Å². The Kier molecular flexibility index (Phi) is 3.62. The number of pyridine rings is 1. The molecule has 3 heterocycles. The van der Waals surface area contributed by atoms with Crippen molar-refractivity contribution in [2.75, 3.05) is 19.6 Å². The van der Waals surface area contributed by atoms with E-state index in [4.69, 9.17) is 4.98 Å². The summed E-state index contributed by atoms with van der Waals surface area (Å²) in [5.41, 5.74) is 5.25. The van der Waals surface area contributed by atoms with Crippen molar-refractivity contribution in [3.05, 3.63) is 28.3 Å². The molecule has 0 N–H and O–H groups in total. The van der Waals surface area contributed by atoms with Crippen molar-refractivity contribution in [2.45, 2.75) is 26.2 Å². The molecule has 0 saturated carbocycles. The van der Waals surface area contributed by atoms with Crippen LogP contribution in [0, 0.1) is 6.92 Å². The molecule has 0 unspecified atom stereocenters. The van der Waals surface area contributed by atoms with Crippen molar-refractivity contribution in [3.8, 4) is 0 Å². The van der Waals surface area contributed by atoms with Gasteiger partial charge in [-0.05, 0) is 35.9 Å². The van der Waals surface area contributed by atoms with Gasteiger partial charge in [-0.1, -0.05) is 0 Å². The smallest absolute Gasteiger partial charge is 0.121 e. The predicted octanol–water partition coefficient (Wildman–Crippen LogP) is 2.59. The molecule has 1 aliphatic rings. The van der Waals surface area contributed by atoms with Crippen LogP contribution < -0.4 is 0 Å². The van der Waals surface area contributed by atoms with Crippen molar-refractivity contribution in [3.63, 3.8) is 0 Å². The van der Waals surface area contributed by atoms with E-state index in [1.165, 1.54) is 21.5 Å². The van der Waals surface area contributed by atoms with Crippen LogP contribution in [-0.2, 0) is 17.6 Å². The first-order chi connectivity index (χ1) is 9.29. The SMILES string of the molecule is Cc1c2c(nc3ccsc13)CCN(CCC=O)CC2. The van der Waals surface area contributed by atoms with Gasteiger partial charge in [0.15, 0.2) is 0 Å². The van der Waals surface area contributed by atoms with Crippen molar-refractivity contribution < 1.29 is 4.79 Å². The Labute approximate surface area is 117 Å². The van der Waals surface area contributed by atoms with E-state index in [-0.39, 0.29) is 0 Å². The normalized spacial score (nSPS) is 16.3. The summed E-state index contributed by atoms with van der Waals surface area (Å²) >= 11 is 1.79. The molecule has 4 heteroatoms. The van der Waals surface area contributed by atoms with Gasteiger partial charge in [-0.15, -0.1) is 11.3 Å². The van der Waals surface area contributed by atoms with Crippen molar-refractivity contribution in [1.29, 1.82) is 0 Å². The van der Waals surface area contributed by atoms with E-state index in [0.717, 1.165) is 44.3 Å². The fraction of sp³-hybridized carbons (Fsp3) is 0.467. The topological polar surface area (TPSA) is 33.2 Å². The maximum atomic E-state index is 10.5. The second-order valence-electron chi connectivity index (χ2n) is 5.09. The van der Waals surface area contributed by atoms with E-state index in [9.17, 15) is 4.79 Å². The Morgan fingerprint density at radius 1 is 1.42 bits per heavy atom. The van der Waals surface area contributed by atoms with Gasteiger partial charge >= 0.3 is 0 Å². The minimum atomic E-state index is 0.637. The number of carbonyl (C=O) groups is 1. The molecule has 0 atom stereocenters. The van der Waals surface area contributed by atoms with E-state index in [0.29, 0.717) is 6.42 Å². The van der Waals surface area contributed by atoms with Crippen LogP contribution in [0.15, 0.2) is 11.4 Å². The summed E-state index contributed by atoms with van der Waals surface area (Å²) in [6.45, 7) is 5.16. The fourth-order valence-electron chi connectivity index (χ4n) is 2.88. The molecular formula is C15H18N2OS. The van der Waals surface area contributed by atoms with Crippen LogP contribution in [0.3, 0.4) is 0 Å². The van der Waals surface area contributed by atoms with Gasteiger partial charge in [0.25, 0.3) is 0 Å². The average molecular weight is 274 g/mol. The van der Waals surface area contributed by atoms with E-state index < -0.39 is 0 Å². The van der Waals surface area contributed by atoms with Gasteiger partial charge in [-0.2, -0.15) is 0 Å².